The molecule has 0 spiro atoms. The zero-order chi connectivity index (χ0) is 16.4. The highest BCUT2D eigenvalue weighted by atomic mass is 16.5. The molecule has 2 heterocycles. The van der Waals surface area contributed by atoms with Crippen LogP contribution in [0, 0.1) is 5.92 Å². The number of ether oxygens (including phenoxy) is 1. The second kappa shape index (κ2) is 6.37. The van der Waals surface area contributed by atoms with E-state index in [-0.39, 0.29) is 18.1 Å². The number of anilines is 1. The standard InChI is InChI=1S/C16H20N4O3/c1-10-4-3-5-13(6-10)23-15-17-8-12(9-18-15)20-11(2)7-14(21)19-16(20)22/h3,5-6,8-11,14,21H,4,7H2,1-2H3,(H,19,22). The molecule has 122 valence electrons. The van der Waals surface area contributed by atoms with E-state index in [1.165, 1.54) is 4.90 Å². The average molecular weight is 316 g/mol. The minimum absolute atomic E-state index is 0.140. The molecule has 1 saturated heterocycles. The quantitative estimate of drug-likeness (QED) is 0.890. The largest absolute Gasteiger partial charge is 0.425 e. The van der Waals surface area contributed by atoms with Crippen LogP contribution in [0.15, 0.2) is 36.4 Å². The normalized spacial score (nSPS) is 27.4. The molecule has 2 amide bonds. The van der Waals surface area contributed by atoms with Gasteiger partial charge in [0.05, 0.1) is 18.1 Å². The summed E-state index contributed by atoms with van der Waals surface area (Å²) in [4.78, 5) is 21.9. The summed E-state index contributed by atoms with van der Waals surface area (Å²) in [6, 6.07) is -0.261. The molecule has 1 fully saturated rings. The van der Waals surface area contributed by atoms with Crippen LogP contribution in [-0.4, -0.2) is 33.4 Å². The second-order valence-electron chi connectivity index (χ2n) is 5.93. The zero-order valence-electron chi connectivity index (χ0n) is 13.1. The van der Waals surface area contributed by atoms with Crippen molar-refractivity contribution in [2.45, 2.75) is 39.0 Å². The summed E-state index contributed by atoms with van der Waals surface area (Å²) in [5.41, 5.74) is 0.566. The molecule has 1 aliphatic carbocycles. The average Bonchev–Trinajstić information content (AvgIpc) is 2.48. The summed E-state index contributed by atoms with van der Waals surface area (Å²) < 4.78 is 5.63. The lowest BCUT2D eigenvalue weighted by molar-refractivity contribution is 0.114. The topological polar surface area (TPSA) is 87.6 Å². The molecule has 0 bridgehead atoms. The molecule has 7 heteroatoms. The molecule has 23 heavy (non-hydrogen) atoms. The van der Waals surface area contributed by atoms with Crippen molar-refractivity contribution in [2.24, 2.45) is 5.92 Å². The van der Waals surface area contributed by atoms with Crippen molar-refractivity contribution in [3.8, 4) is 6.01 Å². The van der Waals surface area contributed by atoms with Crippen LogP contribution in [0.5, 0.6) is 6.01 Å². The van der Waals surface area contributed by atoms with Crippen molar-refractivity contribution in [1.82, 2.24) is 15.3 Å². The summed E-state index contributed by atoms with van der Waals surface area (Å²) in [5, 5.41) is 12.0. The van der Waals surface area contributed by atoms with Gasteiger partial charge in [0.2, 0.25) is 0 Å². The van der Waals surface area contributed by atoms with E-state index in [1.807, 2.05) is 19.1 Å². The molecule has 3 rings (SSSR count). The molecule has 2 aliphatic rings. The maximum absolute atomic E-state index is 12.0. The fourth-order valence-electron chi connectivity index (χ4n) is 2.73. The van der Waals surface area contributed by atoms with Gasteiger partial charge >= 0.3 is 12.0 Å². The molecular weight excluding hydrogens is 296 g/mol. The number of nitrogens with zero attached hydrogens (tertiary/aromatic N) is 3. The van der Waals surface area contributed by atoms with E-state index in [0.717, 1.165) is 12.2 Å². The number of nitrogens with one attached hydrogen (secondary N) is 1. The Hall–Kier alpha value is -2.41. The van der Waals surface area contributed by atoms with Gasteiger partial charge in [0, 0.05) is 12.5 Å². The number of hydrogen-bond donors (Lipinski definition) is 2. The monoisotopic (exact) mass is 316 g/mol. The summed E-state index contributed by atoms with van der Waals surface area (Å²) >= 11 is 0. The number of urea groups is 1. The Morgan fingerprint density at radius 1 is 1.35 bits per heavy atom. The van der Waals surface area contributed by atoms with Crippen molar-refractivity contribution >= 4 is 11.7 Å². The van der Waals surface area contributed by atoms with Gasteiger partial charge in [-0.3, -0.25) is 4.90 Å². The van der Waals surface area contributed by atoms with Crippen LogP contribution in [0.2, 0.25) is 0 Å². The minimum atomic E-state index is -0.815. The van der Waals surface area contributed by atoms with E-state index < -0.39 is 6.23 Å². The van der Waals surface area contributed by atoms with E-state index >= 15 is 0 Å². The number of aliphatic hydroxyl groups is 1. The molecule has 0 saturated carbocycles. The van der Waals surface area contributed by atoms with Gasteiger partial charge in [0.15, 0.2) is 0 Å². The van der Waals surface area contributed by atoms with Gasteiger partial charge < -0.3 is 15.2 Å². The SMILES string of the molecule is CC1C=C(Oc2ncc(N3C(=O)NC(O)CC3C)cn2)C=CC1. The van der Waals surface area contributed by atoms with Gasteiger partial charge in [-0.25, -0.2) is 14.8 Å². The molecule has 7 nitrogen and oxygen atoms in total. The third-order valence-corrected chi connectivity index (χ3v) is 3.85. The van der Waals surface area contributed by atoms with E-state index in [9.17, 15) is 9.90 Å². The second-order valence-corrected chi connectivity index (χ2v) is 5.93. The van der Waals surface area contributed by atoms with Gasteiger partial charge in [-0.1, -0.05) is 13.0 Å². The van der Waals surface area contributed by atoms with Crippen molar-refractivity contribution in [3.63, 3.8) is 0 Å². The fraction of sp³-hybridized carbons (Fsp3) is 0.438. The number of aromatic nitrogens is 2. The van der Waals surface area contributed by atoms with Gasteiger partial charge in [0.1, 0.15) is 12.0 Å². The first-order valence-electron chi connectivity index (χ1n) is 7.69. The number of amides is 2. The molecule has 2 N–H and O–H groups in total. The number of hydrogen-bond acceptors (Lipinski definition) is 5. The molecule has 3 atom stereocenters. The molecule has 1 aliphatic heterocycles. The lowest BCUT2D eigenvalue weighted by Gasteiger charge is -2.35. The maximum atomic E-state index is 12.0. The lowest BCUT2D eigenvalue weighted by atomic mass is 10.0. The van der Waals surface area contributed by atoms with Crippen LogP contribution in [-0.2, 0) is 0 Å². The smallest absolute Gasteiger partial charge is 0.324 e. The Labute approximate surface area is 134 Å². The van der Waals surface area contributed by atoms with Crippen molar-refractivity contribution in [2.75, 3.05) is 4.90 Å². The van der Waals surface area contributed by atoms with Crippen molar-refractivity contribution in [3.05, 3.63) is 36.4 Å². The lowest BCUT2D eigenvalue weighted by Crippen LogP contribution is -2.56. The van der Waals surface area contributed by atoms with Gasteiger partial charge in [-0.15, -0.1) is 0 Å². The molecule has 0 radical (unpaired) electrons. The number of carbonyl (C=O) groups is 1. The fourth-order valence-corrected chi connectivity index (χ4v) is 2.73. The molecular formula is C16H20N4O3. The van der Waals surface area contributed by atoms with Gasteiger partial charge in [0.25, 0.3) is 0 Å². The third-order valence-electron chi connectivity index (χ3n) is 3.85. The summed E-state index contributed by atoms with van der Waals surface area (Å²) in [7, 11) is 0. The van der Waals surface area contributed by atoms with Crippen LogP contribution < -0.4 is 15.0 Å². The van der Waals surface area contributed by atoms with Gasteiger partial charge in [-0.05, 0) is 31.4 Å². The molecule has 3 unspecified atom stereocenters. The number of rotatable bonds is 3. The number of aliphatic hydroxyl groups excluding tert-OH is 1. The summed E-state index contributed by atoms with van der Waals surface area (Å²) in [6.45, 7) is 3.98. The van der Waals surface area contributed by atoms with E-state index in [1.54, 1.807) is 12.4 Å². The van der Waals surface area contributed by atoms with Crippen LogP contribution >= 0.6 is 0 Å². The molecule has 0 aromatic carbocycles. The Morgan fingerprint density at radius 2 is 2.09 bits per heavy atom. The minimum Gasteiger partial charge on any atom is -0.425 e. The Morgan fingerprint density at radius 3 is 2.74 bits per heavy atom. The van der Waals surface area contributed by atoms with E-state index in [0.29, 0.717) is 18.0 Å². The summed E-state index contributed by atoms with van der Waals surface area (Å²) in [6.07, 6.45) is 9.71. The number of allylic oxidation sites excluding steroid dienone is 3. The molecule has 1 aromatic heterocycles. The van der Waals surface area contributed by atoms with Crippen LogP contribution in [0.4, 0.5) is 10.5 Å². The maximum Gasteiger partial charge on any atom is 0.324 e. The first-order valence-corrected chi connectivity index (χ1v) is 7.69. The van der Waals surface area contributed by atoms with Crippen LogP contribution in [0.3, 0.4) is 0 Å². The van der Waals surface area contributed by atoms with Crippen LogP contribution in [0.25, 0.3) is 0 Å². The first kappa shape index (κ1) is 15.5. The predicted molar refractivity (Wildman–Crippen MR) is 84.8 cm³/mol. The predicted octanol–water partition coefficient (Wildman–Crippen LogP) is 1.96. The number of carbonyl (C=O) groups excluding carboxylic acids is 1. The Balaban J connectivity index is 1.72. The van der Waals surface area contributed by atoms with E-state index in [4.69, 9.17) is 4.74 Å². The summed E-state index contributed by atoms with van der Waals surface area (Å²) in [5.74, 6) is 1.15. The molecule has 1 aromatic rings. The third kappa shape index (κ3) is 3.50. The highest BCUT2D eigenvalue weighted by molar-refractivity contribution is 5.93. The van der Waals surface area contributed by atoms with Crippen LogP contribution in [0.1, 0.15) is 26.7 Å². The Kier molecular flexibility index (Phi) is 4.29. The Bertz CT molecular complexity index is 641. The van der Waals surface area contributed by atoms with E-state index in [2.05, 4.69) is 28.3 Å². The highest BCUT2D eigenvalue weighted by Gasteiger charge is 2.31. The van der Waals surface area contributed by atoms with Crippen molar-refractivity contribution in [1.29, 1.82) is 0 Å². The van der Waals surface area contributed by atoms with Gasteiger partial charge in [-0.2, -0.15) is 0 Å². The zero-order valence-corrected chi connectivity index (χ0v) is 13.1. The highest BCUT2D eigenvalue weighted by Crippen LogP contribution is 2.23. The first-order chi connectivity index (χ1) is 11.0. The van der Waals surface area contributed by atoms with Crippen molar-refractivity contribution < 1.29 is 14.6 Å².